The molecule has 1 saturated heterocycles. The zero-order valence-electron chi connectivity index (χ0n) is 18.7. The summed E-state index contributed by atoms with van der Waals surface area (Å²) in [5, 5.41) is 2.74. The number of barbiturate groups is 1. The summed E-state index contributed by atoms with van der Waals surface area (Å²) in [7, 11) is 0. The number of anilines is 1. The second-order valence-corrected chi connectivity index (χ2v) is 9.59. The van der Waals surface area contributed by atoms with Crippen LogP contribution in [0.5, 0.6) is 5.75 Å². The van der Waals surface area contributed by atoms with Gasteiger partial charge in [0.1, 0.15) is 5.57 Å². The standard InChI is InChI=1S/C25H25BrCl2N2O4/c1-2-3-4-5-6-7-12-34-22-20(27)14-16(15-21(22)28)13-19-23(31)29-25(33)30(24(19)32)18-10-8-17(26)9-11-18/h8-11,13-15H,2-7,12H2,1H3,(H,29,31,33)/b19-13+. The van der Waals surface area contributed by atoms with Crippen molar-refractivity contribution in [3.8, 4) is 5.75 Å². The quantitative estimate of drug-likeness (QED) is 0.188. The zero-order valence-corrected chi connectivity index (χ0v) is 21.8. The molecule has 0 bridgehead atoms. The normalized spacial score (nSPS) is 15.1. The number of urea groups is 1. The monoisotopic (exact) mass is 566 g/mol. The molecule has 0 aromatic heterocycles. The summed E-state index contributed by atoms with van der Waals surface area (Å²) in [6.07, 6.45) is 8.16. The van der Waals surface area contributed by atoms with Gasteiger partial charge in [-0.1, -0.05) is 78.2 Å². The molecule has 0 unspecified atom stereocenters. The Hall–Kier alpha value is -2.35. The minimum absolute atomic E-state index is 0.213. The average molecular weight is 568 g/mol. The highest BCUT2D eigenvalue weighted by Gasteiger charge is 2.36. The summed E-state index contributed by atoms with van der Waals surface area (Å²) in [6.45, 7) is 2.68. The van der Waals surface area contributed by atoms with Crippen LogP contribution in [0.25, 0.3) is 6.08 Å². The van der Waals surface area contributed by atoms with Crippen molar-refractivity contribution >= 4 is 68.7 Å². The van der Waals surface area contributed by atoms with Gasteiger partial charge in [0, 0.05) is 4.47 Å². The van der Waals surface area contributed by atoms with Crippen LogP contribution in [0.4, 0.5) is 10.5 Å². The molecule has 0 radical (unpaired) electrons. The first-order valence-electron chi connectivity index (χ1n) is 11.1. The number of amides is 4. The maximum absolute atomic E-state index is 13.0. The van der Waals surface area contributed by atoms with Crippen LogP contribution in [0.3, 0.4) is 0 Å². The summed E-state index contributed by atoms with van der Waals surface area (Å²) >= 11 is 16.1. The highest BCUT2D eigenvalue weighted by molar-refractivity contribution is 9.10. The molecule has 0 saturated carbocycles. The zero-order chi connectivity index (χ0) is 24.7. The van der Waals surface area contributed by atoms with E-state index in [1.54, 1.807) is 36.4 Å². The van der Waals surface area contributed by atoms with E-state index in [0.717, 1.165) is 22.2 Å². The lowest BCUT2D eigenvalue weighted by molar-refractivity contribution is -0.122. The molecular weight excluding hydrogens is 543 g/mol. The molecule has 1 aliphatic rings. The lowest BCUT2D eigenvalue weighted by Gasteiger charge is -2.26. The van der Waals surface area contributed by atoms with Gasteiger partial charge in [-0.25, -0.2) is 9.69 Å². The molecule has 4 amide bonds. The van der Waals surface area contributed by atoms with Crippen molar-refractivity contribution in [3.63, 3.8) is 0 Å². The number of imide groups is 2. The molecule has 1 aliphatic heterocycles. The minimum atomic E-state index is -0.816. The first kappa shape index (κ1) is 26.3. The van der Waals surface area contributed by atoms with Crippen LogP contribution in [-0.2, 0) is 9.59 Å². The van der Waals surface area contributed by atoms with E-state index in [4.69, 9.17) is 27.9 Å². The molecule has 9 heteroatoms. The fourth-order valence-electron chi connectivity index (χ4n) is 3.51. The fraction of sp³-hybridized carbons (Fsp3) is 0.320. The molecule has 2 aromatic rings. The Kier molecular flexibility index (Phi) is 9.56. The third-order valence-corrected chi connectivity index (χ3v) is 6.35. The van der Waals surface area contributed by atoms with E-state index in [1.165, 1.54) is 31.8 Å². The first-order valence-corrected chi connectivity index (χ1v) is 12.7. The number of unbranched alkanes of at least 4 members (excludes halogenated alkanes) is 5. The van der Waals surface area contributed by atoms with E-state index in [0.29, 0.717) is 23.6 Å². The number of nitrogens with one attached hydrogen (secondary N) is 1. The van der Waals surface area contributed by atoms with Gasteiger partial charge in [0.2, 0.25) is 0 Å². The smallest absolute Gasteiger partial charge is 0.335 e. The van der Waals surface area contributed by atoms with Crippen molar-refractivity contribution in [2.45, 2.75) is 45.4 Å². The van der Waals surface area contributed by atoms with Crippen LogP contribution in [0, 0.1) is 0 Å². The average Bonchev–Trinajstić information content (AvgIpc) is 2.78. The van der Waals surface area contributed by atoms with E-state index in [1.807, 2.05) is 0 Å². The van der Waals surface area contributed by atoms with Gasteiger partial charge in [-0.2, -0.15) is 0 Å². The molecule has 0 spiro atoms. The van der Waals surface area contributed by atoms with Crippen LogP contribution in [0.1, 0.15) is 51.0 Å². The Labute approximate surface area is 217 Å². The van der Waals surface area contributed by atoms with Gasteiger partial charge in [0.25, 0.3) is 11.8 Å². The predicted octanol–water partition coefficient (Wildman–Crippen LogP) is 7.16. The number of hydrogen-bond acceptors (Lipinski definition) is 4. The first-order chi connectivity index (χ1) is 16.3. The summed E-state index contributed by atoms with van der Waals surface area (Å²) in [5.74, 6) is -1.17. The largest absolute Gasteiger partial charge is 0.490 e. The molecule has 1 N–H and O–H groups in total. The number of carbonyl (C=O) groups excluding carboxylic acids is 3. The van der Waals surface area contributed by atoms with Gasteiger partial charge in [-0.3, -0.25) is 14.9 Å². The van der Waals surface area contributed by atoms with Crippen LogP contribution < -0.4 is 15.0 Å². The van der Waals surface area contributed by atoms with E-state index >= 15 is 0 Å². The molecule has 180 valence electrons. The van der Waals surface area contributed by atoms with Gasteiger partial charge < -0.3 is 4.74 Å². The van der Waals surface area contributed by atoms with Crippen LogP contribution in [0.15, 0.2) is 46.4 Å². The van der Waals surface area contributed by atoms with Crippen LogP contribution in [-0.4, -0.2) is 24.5 Å². The summed E-state index contributed by atoms with van der Waals surface area (Å²) < 4.78 is 6.56. The van der Waals surface area contributed by atoms with Crippen molar-refractivity contribution in [2.75, 3.05) is 11.5 Å². The number of hydrogen-bond donors (Lipinski definition) is 1. The molecule has 0 atom stereocenters. The predicted molar refractivity (Wildman–Crippen MR) is 138 cm³/mol. The highest BCUT2D eigenvalue weighted by atomic mass is 79.9. The van der Waals surface area contributed by atoms with Crippen molar-refractivity contribution in [1.29, 1.82) is 0 Å². The van der Waals surface area contributed by atoms with Crippen molar-refractivity contribution < 1.29 is 19.1 Å². The third-order valence-electron chi connectivity index (χ3n) is 5.26. The maximum atomic E-state index is 13.0. The third kappa shape index (κ3) is 6.62. The van der Waals surface area contributed by atoms with Crippen LogP contribution in [0.2, 0.25) is 10.0 Å². The molecule has 1 heterocycles. The van der Waals surface area contributed by atoms with Crippen molar-refractivity contribution in [2.24, 2.45) is 0 Å². The number of nitrogens with zero attached hydrogens (tertiary/aromatic N) is 1. The van der Waals surface area contributed by atoms with Crippen molar-refractivity contribution in [3.05, 3.63) is 62.1 Å². The Morgan fingerprint density at radius 2 is 1.59 bits per heavy atom. The summed E-state index contributed by atoms with van der Waals surface area (Å²) in [5.41, 5.74) is 0.555. The number of benzene rings is 2. The van der Waals surface area contributed by atoms with Crippen molar-refractivity contribution in [1.82, 2.24) is 5.32 Å². The second kappa shape index (κ2) is 12.4. The molecule has 34 heavy (non-hydrogen) atoms. The summed E-state index contributed by atoms with van der Waals surface area (Å²) in [4.78, 5) is 38.7. The highest BCUT2D eigenvalue weighted by Crippen LogP contribution is 2.35. The van der Waals surface area contributed by atoms with Gasteiger partial charge in [-0.05, 0) is 54.5 Å². The van der Waals surface area contributed by atoms with Gasteiger partial charge in [0.05, 0.1) is 22.3 Å². The summed E-state index contributed by atoms with van der Waals surface area (Å²) in [6, 6.07) is 8.90. The van der Waals surface area contributed by atoms with Gasteiger partial charge in [0.15, 0.2) is 5.75 Å². The second-order valence-electron chi connectivity index (χ2n) is 7.86. The van der Waals surface area contributed by atoms with E-state index < -0.39 is 17.8 Å². The maximum Gasteiger partial charge on any atom is 0.335 e. The Bertz CT molecular complexity index is 1080. The fourth-order valence-corrected chi connectivity index (χ4v) is 4.38. The van der Waals surface area contributed by atoms with Gasteiger partial charge >= 0.3 is 6.03 Å². The molecule has 6 nitrogen and oxygen atoms in total. The van der Waals surface area contributed by atoms with E-state index in [9.17, 15) is 14.4 Å². The number of rotatable bonds is 10. The Balaban J connectivity index is 1.74. The molecule has 1 fully saturated rings. The Morgan fingerprint density at radius 1 is 0.971 bits per heavy atom. The topological polar surface area (TPSA) is 75.7 Å². The molecule has 2 aromatic carbocycles. The number of halogens is 3. The van der Waals surface area contributed by atoms with E-state index in [-0.39, 0.29) is 15.6 Å². The van der Waals surface area contributed by atoms with Gasteiger partial charge in [-0.15, -0.1) is 0 Å². The molecule has 0 aliphatic carbocycles. The Morgan fingerprint density at radius 3 is 2.24 bits per heavy atom. The number of carbonyl (C=O) groups is 3. The lowest BCUT2D eigenvalue weighted by Crippen LogP contribution is -2.54. The van der Waals surface area contributed by atoms with E-state index in [2.05, 4.69) is 28.2 Å². The SMILES string of the molecule is CCCCCCCCOc1c(Cl)cc(/C=C2\C(=O)NC(=O)N(c3ccc(Br)cc3)C2=O)cc1Cl. The minimum Gasteiger partial charge on any atom is -0.490 e. The molecule has 3 rings (SSSR count). The van der Waals surface area contributed by atoms with Crippen LogP contribution >= 0.6 is 39.1 Å². The lowest BCUT2D eigenvalue weighted by atomic mass is 10.1. The number of ether oxygens (including phenoxy) is 1. The molecular formula is C25H25BrCl2N2O4.